The number of hydrogen-bond acceptors (Lipinski definition) is 5. The predicted octanol–water partition coefficient (Wildman–Crippen LogP) is 3.72. The van der Waals surface area contributed by atoms with Gasteiger partial charge in [-0.1, -0.05) is 42.5 Å². The average Bonchev–Trinajstić information content (AvgIpc) is 3.23. The van der Waals surface area contributed by atoms with Gasteiger partial charge in [-0.25, -0.2) is 19.0 Å². The third kappa shape index (κ3) is 5.66. The average molecular weight is 433 g/mol. The number of aryl methyl sites for hydroxylation is 1. The fourth-order valence-corrected chi connectivity index (χ4v) is 3.47. The molecule has 8 heteroatoms. The third-order valence-electron chi connectivity index (χ3n) is 5.16. The molecule has 0 bridgehead atoms. The highest BCUT2D eigenvalue weighted by atomic mass is 19.1. The van der Waals surface area contributed by atoms with Crippen LogP contribution in [0.15, 0.2) is 67.1 Å². The van der Waals surface area contributed by atoms with Crippen LogP contribution in [0.1, 0.15) is 24.0 Å². The van der Waals surface area contributed by atoms with E-state index in [-0.39, 0.29) is 11.7 Å². The van der Waals surface area contributed by atoms with Gasteiger partial charge in [0.1, 0.15) is 18.0 Å². The van der Waals surface area contributed by atoms with E-state index < -0.39 is 0 Å². The number of carbonyl (C=O) groups excluding carboxylic acids is 1. The largest absolute Gasteiger partial charge is 0.365 e. The summed E-state index contributed by atoms with van der Waals surface area (Å²) in [4.78, 5) is 20.8. The van der Waals surface area contributed by atoms with Crippen LogP contribution in [0.3, 0.4) is 0 Å². The minimum absolute atomic E-state index is 0.0358. The molecule has 0 saturated heterocycles. The molecule has 0 aliphatic rings. The van der Waals surface area contributed by atoms with E-state index in [0.29, 0.717) is 37.5 Å². The summed E-state index contributed by atoms with van der Waals surface area (Å²) in [5.74, 6) is 0.437. The maximum atomic E-state index is 13.1. The van der Waals surface area contributed by atoms with Crippen molar-refractivity contribution in [3.8, 4) is 0 Å². The molecular weight excluding hydrogens is 407 g/mol. The monoisotopic (exact) mass is 432 g/mol. The van der Waals surface area contributed by atoms with Gasteiger partial charge in [0.15, 0.2) is 5.65 Å². The van der Waals surface area contributed by atoms with Gasteiger partial charge in [-0.15, -0.1) is 0 Å². The fourth-order valence-electron chi connectivity index (χ4n) is 3.47. The highest BCUT2D eigenvalue weighted by molar-refractivity contribution is 5.86. The predicted molar refractivity (Wildman–Crippen MR) is 121 cm³/mol. The molecule has 0 radical (unpaired) electrons. The van der Waals surface area contributed by atoms with Crippen LogP contribution in [0.4, 0.5) is 10.2 Å². The quantitative estimate of drug-likeness (QED) is 0.399. The lowest BCUT2D eigenvalue weighted by atomic mass is 10.1. The maximum absolute atomic E-state index is 13.1. The topological polar surface area (TPSA) is 84.7 Å². The van der Waals surface area contributed by atoms with Crippen molar-refractivity contribution < 1.29 is 9.18 Å². The van der Waals surface area contributed by atoms with Gasteiger partial charge in [0.2, 0.25) is 5.91 Å². The number of fused-ring (bicyclic) bond motifs is 1. The van der Waals surface area contributed by atoms with Crippen LogP contribution in [0.5, 0.6) is 0 Å². The van der Waals surface area contributed by atoms with Gasteiger partial charge in [-0.3, -0.25) is 4.79 Å². The number of carbonyl (C=O) groups is 1. The Morgan fingerprint density at radius 2 is 1.81 bits per heavy atom. The molecule has 0 aliphatic heterocycles. The molecule has 0 fully saturated rings. The molecule has 4 rings (SSSR count). The van der Waals surface area contributed by atoms with Crippen molar-refractivity contribution in [2.45, 2.75) is 32.4 Å². The van der Waals surface area contributed by atoms with Crippen molar-refractivity contribution in [1.29, 1.82) is 0 Å². The molecule has 2 aromatic carbocycles. The highest BCUT2D eigenvalue weighted by Gasteiger charge is 2.10. The summed E-state index contributed by atoms with van der Waals surface area (Å²) in [5, 5.41) is 11.4. The molecule has 4 aromatic rings. The summed E-state index contributed by atoms with van der Waals surface area (Å²) in [6, 6.07) is 16.5. The standard InChI is InChI=1S/C24H25FN6O/c25-20-11-9-19(10-12-20)15-27-23-21-16-30-31(24(21)29-17-28-23)14-13-26-22(32)8-4-7-18-5-2-1-3-6-18/h1-3,5-6,9-12,16-17H,4,7-8,13-15H2,(H,26,32)(H,27,28,29). The van der Waals surface area contributed by atoms with Gasteiger partial charge in [-0.05, 0) is 36.1 Å². The van der Waals surface area contributed by atoms with E-state index in [2.05, 4.69) is 37.8 Å². The van der Waals surface area contributed by atoms with Gasteiger partial charge < -0.3 is 10.6 Å². The normalized spacial score (nSPS) is 10.9. The van der Waals surface area contributed by atoms with Gasteiger partial charge in [0, 0.05) is 19.5 Å². The zero-order valence-electron chi connectivity index (χ0n) is 17.7. The molecule has 0 atom stereocenters. The van der Waals surface area contributed by atoms with E-state index in [0.717, 1.165) is 23.8 Å². The van der Waals surface area contributed by atoms with E-state index in [1.54, 1.807) is 23.0 Å². The number of rotatable bonds is 10. The first-order valence-corrected chi connectivity index (χ1v) is 10.6. The molecule has 32 heavy (non-hydrogen) atoms. The van der Waals surface area contributed by atoms with E-state index in [9.17, 15) is 9.18 Å². The van der Waals surface area contributed by atoms with Gasteiger partial charge in [-0.2, -0.15) is 5.10 Å². The van der Waals surface area contributed by atoms with Gasteiger partial charge in [0.05, 0.1) is 18.1 Å². The molecule has 0 aliphatic carbocycles. The van der Waals surface area contributed by atoms with Crippen molar-refractivity contribution in [2.24, 2.45) is 0 Å². The molecule has 2 N–H and O–H groups in total. The second-order valence-corrected chi connectivity index (χ2v) is 7.50. The maximum Gasteiger partial charge on any atom is 0.220 e. The summed E-state index contributed by atoms with van der Waals surface area (Å²) in [6.07, 6.45) is 5.40. The Morgan fingerprint density at radius 1 is 1.00 bits per heavy atom. The summed E-state index contributed by atoms with van der Waals surface area (Å²) in [5.41, 5.74) is 2.88. The van der Waals surface area contributed by atoms with Gasteiger partial charge >= 0.3 is 0 Å². The summed E-state index contributed by atoms with van der Waals surface area (Å²) >= 11 is 0. The number of anilines is 1. The van der Waals surface area contributed by atoms with Crippen molar-refractivity contribution in [3.63, 3.8) is 0 Å². The van der Waals surface area contributed by atoms with E-state index in [1.807, 2.05) is 18.2 Å². The Labute approximate surface area is 185 Å². The Hall–Kier alpha value is -3.81. The van der Waals surface area contributed by atoms with Crippen LogP contribution in [-0.4, -0.2) is 32.2 Å². The number of nitrogens with one attached hydrogen (secondary N) is 2. The second kappa shape index (κ2) is 10.5. The van der Waals surface area contributed by atoms with Crippen molar-refractivity contribution in [1.82, 2.24) is 25.1 Å². The summed E-state index contributed by atoms with van der Waals surface area (Å²) in [7, 11) is 0. The number of aromatic nitrogens is 4. The first-order valence-electron chi connectivity index (χ1n) is 10.6. The first kappa shape index (κ1) is 21.4. The smallest absolute Gasteiger partial charge is 0.220 e. The van der Waals surface area contributed by atoms with Crippen LogP contribution in [0, 0.1) is 5.82 Å². The molecule has 2 aromatic heterocycles. The van der Waals surface area contributed by atoms with E-state index in [1.165, 1.54) is 24.0 Å². The van der Waals surface area contributed by atoms with Crippen LogP contribution < -0.4 is 10.6 Å². The number of hydrogen-bond donors (Lipinski definition) is 2. The Bertz CT molecular complexity index is 1160. The Balaban J connectivity index is 1.27. The molecule has 0 saturated carbocycles. The van der Waals surface area contributed by atoms with E-state index >= 15 is 0 Å². The van der Waals surface area contributed by atoms with Crippen LogP contribution in [-0.2, 0) is 24.3 Å². The fraction of sp³-hybridized carbons (Fsp3) is 0.250. The summed E-state index contributed by atoms with van der Waals surface area (Å²) in [6.45, 7) is 1.50. The molecule has 1 amide bonds. The second-order valence-electron chi connectivity index (χ2n) is 7.50. The molecule has 2 heterocycles. The van der Waals surface area contributed by atoms with Crippen LogP contribution in [0.25, 0.3) is 11.0 Å². The number of nitrogens with zero attached hydrogens (tertiary/aromatic N) is 4. The molecule has 0 spiro atoms. The lowest BCUT2D eigenvalue weighted by molar-refractivity contribution is -0.121. The van der Waals surface area contributed by atoms with Crippen molar-refractivity contribution in [3.05, 3.63) is 84.1 Å². The lowest BCUT2D eigenvalue weighted by Gasteiger charge is -2.08. The number of benzene rings is 2. The minimum Gasteiger partial charge on any atom is -0.365 e. The van der Waals surface area contributed by atoms with Crippen molar-refractivity contribution in [2.75, 3.05) is 11.9 Å². The molecule has 164 valence electrons. The summed E-state index contributed by atoms with van der Waals surface area (Å²) < 4.78 is 14.8. The lowest BCUT2D eigenvalue weighted by Crippen LogP contribution is -2.27. The molecule has 7 nitrogen and oxygen atoms in total. The molecular formula is C24H25FN6O. The first-order chi connectivity index (χ1) is 15.7. The van der Waals surface area contributed by atoms with Crippen molar-refractivity contribution >= 4 is 22.8 Å². The van der Waals surface area contributed by atoms with Gasteiger partial charge in [0.25, 0.3) is 0 Å². The number of amides is 1. The Morgan fingerprint density at radius 3 is 2.62 bits per heavy atom. The Kier molecular flexibility index (Phi) is 7.01. The zero-order chi connectivity index (χ0) is 22.2. The van der Waals surface area contributed by atoms with E-state index in [4.69, 9.17) is 0 Å². The number of halogens is 1. The highest BCUT2D eigenvalue weighted by Crippen LogP contribution is 2.19. The zero-order valence-corrected chi connectivity index (χ0v) is 17.7. The van der Waals surface area contributed by atoms with Crippen LogP contribution >= 0.6 is 0 Å². The minimum atomic E-state index is -0.261. The van der Waals surface area contributed by atoms with Crippen LogP contribution in [0.2, 0.25) is 0 Å². The third-order valence-corrected chi connectivity index (χ3v) is 5.16. The SMILES string of the molecule is O=C(CCCc1ccccc1)NCCn1ncc2c(NCc3ccc(F)cc3)ncnc21. The molecule has 0 unspecified atom stereocenters.